The summed E-state index contributed by atoms with van der Waals surface area (Å²) in [5.41, 5.74) is 1.35. The van der Waals surface area contributed by atoms with E-state index in [9.17, 15) is 0 Å². The van der Waals surface area contributed by atoms with Gasteiger partial charge in [0, 0.05) is 16.8 Å². The Labute approximate surface area is 105 Å². The Bertz CT molecular complexity index is 243. The van der Waals surface area contributed by atoms with E-state index in [1.807, 2.05) is 18.0 Å². The SMILES string of the molecule is CCCCCCCCCC1=C(C)NC=CS1. The molecule has 1 aliphatic heterocycles. The standard InChI is InChI=1S/C14H25NS/c1-3-4-5-6-7-8-9-10-14-13(2)15-11-12-16-14/h11-12,15H,3-10H2,1-2H3. The first-order valence-electron chi connectivity index (χ1n) is 6.62. The molecule has 92 valence electrons. The van der Waals surface area contributed by atoms with Crippen LogP contribution in [0, 0.1) is 0 Å². The van der Waals surface area contributed by atoms with Crippen LogP contribution in [0.15, 0.2) is 22.2 Å². The molecule has 0 fully saturated rings. The van der Waals surface area contributed by atoms with Gasteiger partial charge in [-0.05, 0) is 25.2 Å². The molecular weight excluding hydrogens is 214 g/mol. The molecule has 1 heterocycles. The first-order chi connectivity index (χ1) is 7.84. The van der Waals surface area contributed by atoms with Crippen molar-refractivity contribution < 1.29 is 0 Å². The Hall–Kier alpha value is -0.370. The summed E-state index contributed by atoms with van der Waals surface area (Å²) in [4.78, 5) is 1.52. The topological polar surface area (TPSA) is 12.0 Å². The fourth-order valence-electron chi connectivity index (χ4n) is 1.93. The maximum atomic E-state index is 3.28. The highest BCUT2D eigenvalue weighted by atomic mass is 32.2. The molecule has 1 aliphatic rings. The van der Waals surface area contributed by atoms with Crippen LogP contribution in [0.2, 0.25) is 0 Å². The van der Waals surface area contributed by atoms with Crippen LogP contribution in [0.3, 0.4) is 0 Å². The summed E-state index contributed by atoms with van der Waals surface area (Å²) in [6, 6.07) is 0. The molecule has 0 aromatic carbocycles. The van der Waals surface area contributed by atoms with Crippen LogP contribution in [0.1, 0.15) is 65.2 Å². The number of hydrogen-bond acceptors (Lipinski definition) is 2. The molecule has 16 heavy (non-hydrogen) atoms. The van der Waals surface area contributed by atoms with Crippen LogP contribution in [0.4, 0.5) is 0 Å². The lowest BCUT2D eigenvalue weighted by Crippen LogP contribution is -2.06. The van der Waals surface area contributed by atoms with Crippen LogP contribution >= 0.6 is 11.8 Å². The van der Waals surface area contributed by atoms with Crippen LogP contribution in [-0.4, -0.2) is 0 Å². The van der Waals surface area contributed by atoms with E-state index in [1.54, 1.807) is 0 Å². The van der Waals surface area contributed by atoms with E-state index in [0.29, 0.717) is 0 Å². The van der Waals surface area contributed by atoms with Crippen molar-refractivity contribution in [3.05, 3.63) is 22.2 Å². The van der Waals surface area contributed by atoms with Crippen LogP contribution in [0.25, 0.3) is 0 Å². The van der Waals surface area contributed by atoms with Crippen LogP contribution in [-0.2, 0) is 0 Å². The van der Waals surface area contributed by atoms with E-state index < -0.39 is 0 Å². The zero-order chi connectivity index (χ0) is 11.6. The van der Waals surface area contributed by atoms with Gasteiger partial charge < -0.3 is 5.32 Å². The largest absolute Gasteiger partial charge is 0.364 e. The van der Waals surface area contributed by atoms with Crippen molar-refractivity contribution in [3.63, 3.8) is 0 Å². The third kappa shape index (κ3) is 5.64. The minimum atomic E-state index is 1.25. The minimum Gasteiger partial charge on any atom is -0.364 e. The lowest BCUT2D eigenvalue weighted by molar-refractivity contribution is 0.590. The van der Waals surface area contributed by atoms with Crippen molar-refractivity contribution in [1.82, 2.24) is 5.32 Å². The van der Waals surface area contributed by atoms with Gasteiger partial charge in [0.1, 0.15) is 0 Å². The lowest BCUT2D eigenvalue weighted by atomic mass is 10.1. The number of unbranched alkanes of at least 4 members (excludes halogenated alkanes) is 6. The average Bonchev–Trinajstić information content (AvgIpc) is 2.30. The second kappa shape index (κ2) is 8.74. The smallest absolute Gasteiger partial charge is 0.0215 e. The van der Waals surface area contributed by atoms with Gasteiger partial charge in [0.15, 0.2) is 0 Å². The molecule has 0 bridgehead atoms. The molecule has 1 N–H and O–H groups in total. The number of nitrogens with one attached hydrogen (secondary N) is 1. The van der Waals surface area contributed by atoms with Crippen molar-refractivity contribution >= 4 is 11.8 Å². The Balaban J connectivity index is 1.98. The van der Waals surface area contributed by atoms with Gasteiger partial charge in [0.05, 0.1) is 0 Å². The zero-order valence-electron chi connectivity index (χ0n) is 10.7. The summed E-state index contributed by atoms with van der Waals surface area (Å²) in [5, 5.41) is 5.42. The van der Waals surface area contributed by atoms with Gasteiger partial charge in [0.25, 0.3) is 0 Å². The normalized spacial score (nSPS) is 15.4. The van der Waals surface area contributed by atoms with Gasteiger partial charge in [-0.25, -0.2) is 0 Å². The summed E-state index contributed by atoms with van der Waals surface area (Å²) in [5.74, 6) is 0. The quantitative estimate of drug-likeness (QED) is 0.587. The molecule has 2 heteroatoms. The van der Waals surface area contributed by atoms with Crippen molar-refractivity contribution in [2.75, 3.05) is 0 Å². The van der Waals surface area contributed by atoms with Gasteiger partial charge in [0.2, 0.25) is 0 Å². The van der Waals surface area contributed by atoms with Crippen molar-refractivity contribution in [1.29, 1.82) is 0 Å². The molecule has 0 spiro atoms. The second-order valence-corrected chi connectivity index (χ2v) is 5.49. The maximum Gasteiger partial charge on any atom is 0.0215 e. The molecule has 0 saturated carbocycles. The van der Waals surface area contributed by atoms with E-state index in [-0.39, 0.29) is 0 Å². The fourth-order valence-corrected chi connectivity index (χ4v) is 2.73. The molecule has 0 amide bonds. The molecule has 0 aliphatic carbocycles. The zero-order valence-corrected chi connectivity index (χ0v) is 11.5. The van der Waals surface area contributed by atoms with E-state index in [4.69, 9.17) is 0 Å². The van der Waals surface area contributed by atoms with Gasteiger partial charge >= 0.3 is 0 Å². The highest BCUT2D eigenvalue weighted by molar-refractivity contribution is 8.05. The monoisotopic (exact) mass is 239 g/mol. The summed E-state index contributed by atoms with van der Waals surface area (Å²) < 4.78 is 0. The summed E-state index contributed by atoms with van der Waals surface area (Å²) >= 11 is 1.88. The Morgan fingerprint density at radius 2 is 1.75 bits per heavy atom. The second-order valence-electron chi connectivity index (χ2n) is 4.48. The maximum absolute atomic E-state index is 3.28. The number of rotatable bonds is 8. The molecular formula is C14H25NS. The summed E-state index contributed by atoms with van der Waals surface area (Å²) in [7, 11) is 0. The first-order valence-corrected chi connectivity index (χ1v) is 7.50. The number of allylic oxidation sites excluding steroid dienone is 2. The lowest BCUT2D eigenvalue weighted by Gasteiger charge is -2.13. The highest BCUT2D eigenvalue weighted by Crippen LogP contribution is 2.28. The van der Waals surface area contributed by atoms with Gasteiger partial charge in [-0.3, -0.25) is 0 Å². The summed E-state index contributed by atoms with van der Waals surface area (Å²) in [6.45, 7) is 4.45. The molecule has 1 nitrogen and oxygen atoms in total. The van der Waals surface area contributed by atoms with Crippen molar-refractivity contribution in [2.45, 2.75) is 65.2 Å². The third-order valence-corrected chi connectivity index (χ3v) is 4.07. The third-order valence-electron chi connectivity index (χ3n) is 3.00. The Morgan fingerprint density at radius 3 is 2.44 bits per heavy atom. The van der Waals surface area contributed by atoms with E-state index >= 15 is 0 Å². The molecule has 0 aromatic rings. The van der Waals surface area contributed by atoms with Gasteiger partial charge in [-0.1, -0.05) is 57.2 Å². The van der Waals surface area contributed by atoms with Crippen molar-refractivity contribution in [2.24, 2.45) is 0 Å². The molecule has 0 saturated heterocycles. The highest BCUT2D eigenvalue weighted by Gasteiger charge is 2.04. The molecule has 0 radical (unpaired) electrons. The fraction of sp³-hybridized carbons (Fsp3) is 0.714. The minimum absolute atomic E-state index is 1.25. The number of thioether (sulfide) groups is 1. The van der Waals surface area contributed by atoms with Crippen molar-refractivity contribution in [3.8, 4) is 0 Å². The van der Waals surface area contributed by atoms with Crippen LogP contribution in [0.5, 0.6) is 0 Å². The Kier molecular flexibility index (Phi) is 7.48. The predicted octanol–water partition coefficient (Wildman–Crippen LogP) is 5.17. The number of hydrogen-bond donors (Lipinski definition) is 1. The van der Waals surface area contributed by atoms with Gasteiger partial charge in [-0.15, -0.1) is 0 Å². The van der Waals surface area contributed by atoms with Crippen LogP contribution < -0.4 is 5.32 Å². The van der Waals surface area contributed by atoms with E-state index in [0.717, 1.165) is 0 Å². The molecule has 0 aromatic heterocycles. The van der Waals surface area contributed by atoms with Gasteiger partial charge in [-0.2, -0.15) is 0 Å². The average molecular weight is 239 g/mol. The molecule has 0 atom stereocenters. The molecule has 0 unspecified atom stereocenters. The molecule has 1 rings (SSSR count). The Morgan fingerprint density at radius 1 is 1.06 bits per heavy atom. The predicted molar refractivity (Wildman–Crippen MR) is 75.2 cm³/mol. The summed E-state index contributed by atoms with van der Waals surface area (Å²) in [6.07, 6.45) is 13.0. The van der Waals surface area contributed by atoms with E-state index in [1.165, 1.54) is 62.0 Å². The van der Waals surface area contributed by atoms with E-state index in [2.05, 4.69) is 24.6 Å². The first kappa shape index (κ1) is 13.7.